The van der Waals surface area contributed by atoms with Gasteiger partial charge < -0.3 is 20.5 Å². The van der Waals surface area contributed by atoms with E-state index in [4.69, 9.17) is 4.74 Å². The van der Waals surface area contributed by atoms with Crippen LogP contribution in [0.5, 0.6) is 0 Å². The Labute approximate surface area is 125 Å². The van der Waals surface area contributed by atoms with E-state index in [0.29, 0.717) is 25.3 Å². The van der Waals surface area contributed by atoms with Crippen LogP contribution >= 0.6 is 0 Å². The molecule has 0 atom stereocenters. The van der Waals surface area contributed by atoms with Gasteiger partial charge in [-0.2, -0.15) is 0 Å². The van der Waals surface area contributed by atoms with Crippen LogP contribution in [0.3, 0.4) is 0 Å². The molecule has 0 radical (unpaired) electrons. The molecule has 2 amide bonds. The molecule has 2 fully saturated rings. The van der Waals surface area contributed by atoms with E-state index in [2.05, 4.69) is 10.6 Å². The standard InChI is InChI=1S/C15H26N2O4/c18-13(19)15(6-2-1-3-7-15)11-17-14(20)16-10-12-4-8-21-9-5-12/h12H,1-11H2,(H,18,19)(H2,16,17,20). The number of carboxylic acid groups (broad SMARTS) is 1. The zero-order chi connectivity index (χ0) is 15.1. The molecule has 3 N–H and O–H groups in total. The first-order valence-electron chi connectivity index (χ1n) is 7.95. The molecule has 1 heterocycles. The number of urea groups is 1. The van der Waals surface area contributed by atoms with E-state index in [1.807, 2.05) is 0 Å². The number of rotatable bonds is 5. The first-order chi connectivity index (χ1) is 10.1. The van der Waals surface area contributed by atoms with E-state index in [1.54, 1.807) is 0 Å². The normalized spacial score (nSPS) is 22.5. The SMILES string of the molecule is O=C(NCC1CCOCC1)NCC1(C(=O)O)CCCCC1. The van der Waals surface area contributed by atoms with Gasteiger partial charge in [0, 0.05) is 26.3 Å². The summed E-state index contributed by atoms with van der Waals surface area (Å²) in [5.74, 6) is -0.320. The average molecular weight is 298 g/mol. The molecular weight excluding hydrogens is 272 g/mol. The number of hydrogen-bond acceptors (Lipinski definition) is 3. The summed E-state index contributed by atoms with van der Waals surface area (Å²) in [6, 6.07) is -0.257. The molecule has 120 valence electrons. The second-order valence-electron chi connectivity index (χ2n) is 6.27. The number of carbonyl (C=O) groups is 2. The molecule has 6 heteroatoms. The highest BCUT2D eigenvalue weighted by Gasteiger charge is 2.39. The molecule has 0 aromatic heterocycles. The van der Waals surface area contributed by atoms with Crippen molar-refractivity contribution >= 4 is 12.0 Å². The Morgan fingerprint density at radius 3 is 2.38 bits per heavy atom. The maximum absolute atomic E-state index is 11.8. The Bertz CT molecular complexity index is 361. The highest BCUT2D eigenvalue weighted by atomic mass is 16.5. The fraction of sp³-hybridized carbons (Fsp3) is 0.867. The van der Waals surface area contributed by atoms with Gasteiger partial charge in [0.1, 0.15) is 0 Å². The highest BCUT2D eigenvalue weighted by molar-refractivity contribution is 5.78. The van der Waals surface area contributed by atoms with Crippen LogP contribution in [-0.4, -0.2) is 43.4 Å². The molecule has 0 aromatic carbocycles. The van der Waals surface area contributed by atoms with E-state index >= 15 is 0 Å². The topological polar surface area (TPSA) is 87.7 Å². The van der Waals surface area contributed by atoms with Crippen molar-refractivity contribution in [3.8, 4) is 0 Å². The van der Waals surface area contributed by atoms with Gasteiger partial charge in [0.25, 0.3) is 0 Å². The van der Waals surface area contributed by atoms with Crippen molar-refractivity contribution < 1.29 is 19.4 Å². The molecule has 21 heavy (non-hydrogen) atoms. The fourth-order valence-electron chi connectivity index (χ4n) is 3.19. The van der Waals surface area contributed by atoms with Crippen LogP contribution in [0.4, 0.5) is 4.79 Å². The number of carbonyl (C=O) groups excluding carboxylic acids is 1. The Morgan fingerprint density at radius 2 is 1.76 bits per heavy atom. The van der Waals surface area contributed by atoms with Crippen LogP contribution in [0.15, 0.2) is 0 Å². The summed E-state index contributed by atoms with van der Waals surface area (Å²) in [5, 5.41) is 15.1. The Hall–Kier alpha value is -1.30. The zero-order valence-electron chi connectivity index (χ0n) is 12.5. The van der Waals surface area contributed by atoms with Gasteiger partial charge in [0.05, 0.1) is 5.41 Å². The van der Waals surface area contributed by atoms with Gasteiger partial charge in [-0.3, -0.25) is 4.79 Å². The number of nitrogens with one attached hydrogen (secondary N) is 2. The Kier molecular flexibility index (Phi) is 5.85. The number of carboxylic acids is 1. The largest absolute Gasteiger partial charge is 0.481 e. The minimum absolute atomic E-state index is 0.224. The molecule has 0 spiro atoms. The summed E-state index contributed by atoms with van der Waals surface area (Å²) in [7, 11) is 0. The molecule has 0 bridgehead atoms. The summed E-state index contributed by atoms with van der Waals surface area (Å²) < 4.78 is 5.28. The third-order valence-corrected chi connectivity index (χ3v) is 4.74. The average Bonchev–Trinajstić information content (AvgIpc) is 2.52. The third-order valence-electron chi connectivity index (χ3n) is 4.74. The fourth-order valence-corrected chi connectivity index (χ4v) is 3.19. The molecule has 1 saturated carbocycles. The Balaban J connectivity index is 1.72. The van der Waals surface area contributed by atoms with Crippen molar-refractivity contribution in [1.82, 2.24) is 10.6 Å². The van der Waals surface area contributed by atoms with Crippen LogP contribution in [-0.2, 0) is 9.53 Å². The first-order valence-corrected chi connectivity index (χ1v) is 7.95. The van der Waals surface area contributed by atoms with Crippen molar-refractivity contribution in [1.29, 1.82) is 0 Å². The van der Waals surface area contributed by atoms with Gasteiger partial charge in [-0.1, -0.05) is 19.3 Å². The summed E-state index contributed by atoms with van der Waals surface area (Å²) in [6.45, 7) is 2.38. The number of amides is 2. The first kappa shape index (κ1) is 16.1. The van der Waals surface area contributed by atoms with Gasteiger partial charge in [-0.05, 0) is 31.6 Å². The summed E-state index contributed by atoms with van der Waals surface area (Å²) in [5.41, 5.74) is -0.770. The number of ether oxygens (including phenoxy) is 1. The van der Waals surface area contributed by atoms with Gasteiger partial charge in [0.2, 0.25) is 0 Å². The van der Waals surface area contributed by atoms with E-state index in [-0.39, 0.29) is 12.6 Å². The van der Waals surface area contributed by atoms with Crippen LogP contribution in [0.1, 0.15) is 44.9 Å². The second kappa shape index (κ2) is 7.64. The summed E-state index contributed by atoms with van der Waals surface area (Å²) in [6.07, 6.45) is 6.20. The van der Waals surface area contributed by atoms with E-state index in [9.17, 15) is 14.7 Å². The summed E-state index contributed by atoms with van der Waals surface area (Å²) in [4.78, 5) is 23.4. The van der Waals surface area contributed by atoms with Crippen molar-refractivity contribution in [2.75, 3.05) is 26.3 Å². The molecule has 1 saturated heterocycles. The zero-order valence-corrected chi connectivity index (χ0v) is 12.5. The van der Waals surface area contributed by atoms with Gasteiger partial charge in [-0.15, -0.1) is 0 Å². The lowest BCUT2D eigenvalue weighted by Gasteiger charge is -2.33. The Morgan fingerprint density at radius 1 is 1.10 bits per heavy atom. The highest BCUT2D eigenvalue weighted by Crippen LogP contribution is 2.35. The predicted molar refractivity (Wildman–Crippen MR) is 78.1 cm³/mol. The van der Waals surface area contributed by atoms with Crippen molar-refractivity contribution in [3.63, 3.8) is 0 Å². The van der Waals surface area contributed by atoms with Crippen LogP contribution in [0.2, 0.25) is 0 Å². The third kappa shape index (κ3) is 4.59. The van der Waals surface area contributed by atoms with Crippen molar-refractivity contribution in [3.05, 3.63) is 0 Å². The molecule has 2 aliphatic rings. The van der Waals surface area contributed by atoms with Crippen LogP contribution in [0, 0.1) is 11.3 Å². The molecule has 2 rings (SSSR count). The molecule has 1 aliphatic heterocycles. The molecule has 1 aliphatic carbocycles. The minimum Gasteiger partial charge on any atom is -0.481 e. The van der Waals surface area contributed by atoms with E-state index in [0.717, 1.165) is 45.3 Å². The molecule has 6 nitrogen and oxygen atoms in total. The van der Waals surface area contributed by atoms with Crippen molar-refractivity contribution in [2.24, 2.45) is 11.3 Å². The van der Waals surface area contributed by atoms with Crippen LogP contribution < -0.4 is 10.6 Å². The molecule has 0 aromatic rings. The molecular formula is C15H26N2O4. The van der Waals surface area contributed by atoms with Gasteiger partial charge >= 0.3 is 12.0 Å². The minimum atomic E-state index is -0.785. The lowest BCUT2D eigenvalue weighted by atomic mass is 9.74. The van der Waals surface area contributed by atoms with E-state index in [1.165, 1.54) is 0 Å². The van der Waals surface area contributed by atoms with Crippen molar-refractivity contribution in [2.45, 2.75) is 44.9 Å². The maximum atomic E-state index is 11.8. The second-order valence-corrected chi connectivity index (χ2v) is 6.27. The number of aliphatic carboxylic acids is 1. The molecule has 0 unspecified atom stereocenters. The predicted octanol–water partition coefficient (Wildman–Crippen LogP) is 1.75. The quantitative estimate of drug-likeness (QED) is 0.721. The van der Waals surface area contributed by atoms with Gasteiger partial charge in [0.15, 0.2) is 0 Å². The lowest BCUT2D eigenvalue weighted by Crippen LogP contribution is -2.48. The summed E-state index contributed by atoms with van der Waals surface area (Å²) >= 11 is 0. The van der Waals surface area contributed by atoms with Crippen LogP contribution in [0.25, 0.3) is 0 Å². The lowest BCUT2D eigenvalue weighted by molar-refractivity contribution is -0.150. The smallest absolute Gasteiger partial charge is 0.314 e. The van der Waals surface area contributed by atoms with E-state index < -0.39 is 11.4 Å². The van der Waals surface area contributed by atoms with Gasteiger partial charge in [-0.25, -0.2) is 4.79 Å². The maximum Gasteiger partial charge on any atom is 0.314 e. The number of hydrogen-bond donors (Lipinski definition) is 3. The monoisotopic (exact) mass is 298 g/mol.